The van der Waals surface area contributed by atoms with Crippen LogP contribution in [0.25, 0.3) is 0 Å². The molecule has 1 heterocycles. The van der Waals surface area contributed by atoms with Gasteiger partial charge in [0.2, 0.25) is 0 Å². The summed E-state index contributed by atoms with van der Waals surface area (Å²) in [6, 6.07) is 15.2. The fraction of sp³-hybridized carbons (Fsp3) is 0.190. The summed E-state index contributed by atoms with van der Waals surface area (Å²) in [4.78, 5) is 22.4. The third-order valence-corrected chi connectivity index (χ3v) is 4.48. The van der Waals surface area contributed by atoms with Crippen LogP contribution >= 0.6 is 0 Å². The third-order valence-electron chi connectivity index (χ3n) is 4.48. The molecule has 28 heavy (non-hydrogen) atoms. The summed E-state index contributed by atoms with van der Waals surface area (Å²) in [5, 5.41) is 3.22. The van der Waals surface area contributed by atoms with E-state index in [1.54, 1.807) is 24.1 Å². The van der Waals surface area contributed by atoms with Crippen LogP contribution in [0, 0.1) is 0 Å². The lowest BCUT2D eigenvalue weighted by Crippen LogP contribution is -2.18. The van der Waals surface area contributed by atoms with Crippen molar-refractivity contribution in [2.45, 2.75) is 13.3 Å². The van der Waals surface area contributed by atoms with Gasteiger partial charge in [-0.2, -0.15) is 0 Å². The molecule has 2 aromatic carbocycles. The van der Waals surface area contributed by atoms with Crippen molar-refractivity contribution >= 4 is 34.7 Å². The second-order valence-corrected chi connectivity index (χ2v) is 6.20. The van der Waals surface area contributed by atoms with Gasteiger partial charge in [-0.05, 0) is 36.2 Å². The SMILES string of the molecule is CCc1ccc(Nc2ncnc(N(C)c3ccccc3C(=O)OC)c2N)cc1. The minimum Gasteiger partial charge on any atom is -0.465 e. The number of benzene rings is 2. The van der Waals surface area contributed by atoms with Crippen molar-refractivity contribution in [3.8, 4) is 0 Å². The number of nitrogens with two attached hydrogens (primary N) is 1. The Morgan fingerprint density at radius 2 is 1.86 bits per heavy atom. The molecular weight excluding hydrogens is 354 g/mol. The summed E-state index contributed by atoms with van der Waals surface area (Å²) in [5.74, 6) is 0.556. The number of anilines is 5. The molecule has 7 heteroatoms. The van der Waals surface area contributed by atoms with Crippen LogP contribution in [0.3, 0.4) is 0 Å². The van der Waals surface area contributed by atoms with Crippen LogP contribution in [-0.2, 0) is 11.2 Å². The van der Waals surface area contributed by atoms with E-state index in [-0.39, 0.29) is 0 Å². The van der Waals surface area contributed by atoms with Crippen molar-refractivity contribution in [1.82, 2.24) is 9.97 Å². The molecule has 0 bridgehead atoms. The number of methoxy groups -OCH3 is 1. The van der Waals surface area contributed by atoms with Crippen LogP contribution in [0.5, 0.6) is 0 Å². The van der Waals surface area contributed by atoms with Crippen molar-refractivity contribution in [3.63, 3.8) is 0 Å². The highest BCUT2D eigenvalue weighted by atomic mass is 16.5. The molecule has 0 saturated carbocycles. The number of esters is 1. The Morgan fingerprint density at radius 1 is 1.14 bits per heavy atom. The Kier molecular flexibility index (Phi) is 5.74. The van der Waals surface area contributed by atoms with Crippen molar-refractivity contribution in [1.29, 1.82) is 0 Å². The molecule has 1 aromatic heterocycles. The highest BCUT2D eigenvalue weighted by Crippen LogP contribution is 2.33. The Bertz CT molecular complexity index is 973. The molecular formula is C21H23N5O2. The molecule has 0 aliphatic carbocycles. The first-order chi connectivity index (χ1) is 13.5. The number of hydrogen-bond acceptors (Lipinski definition) is 7. The monoisotopic (exact) mass is 377 g/mol. The Hall–Kier alpha value is -3.61. The second kappa shape index (κ2) is 8.39. The fourth-order valence-corrected chi connectivity index (χ4v) is 2.88. The van der Waals surface area contributed by atoms with Crippen molar-refractivity contribution in [2.24, 2.45) is 0 Å². The molecule has 0 aliphatic heterocycles. The predicted octanol–water partition coefficient (Wildman–Crippen LogP) is 3.92. The molecule has 0 atom stereocenters. The summed E-state index contributed by atoms with van der Waals surface area (Å²) < 4.78 is 4.87. The van der Waals surface area contributed by atoms with E-state index in [9.17, 15) is 4.79 Å². The molecule has 0 fully saturated rings. The zero-order valence-electron chi connectivity index (χ0n) is 16.1. The zero-order valence-corrected chi connectivity index (χ0v) is 16.1. The number of ether oxygens (including phenoxy) is 1. The van der Waals surface area contributed by atoms with Crippen LogP contribution in [0.15, 0.2) is 54.9 Å². The third kappa shape index (κ3) is 3.88. The summed E-state index contributed by atoms with van der Waals surface area (Å²) >= 11 is 0. The summed E-state index contributed by atoms with van der Waals surface area (Å²) in [6.45, 7) is 2.11. The van der Waals surface area contributed by atoms with Gasteiger partial charge in [-0.25, -0.2) is 14.8 Å². The number of para-hydroxylation sites is 1. The van der Waals surface area contributed by atoms with E-state index in [1.165, 1.54) is 19.0 Å². The van der Waals surface area contributed by atoms with Gasteiger partial charge in [0.1, 0.15) is 12.0 Å². The number of hydrogen-bond donors (Lipinski definition) is 2. The quantitative estimate of drug-likeness (QED) is 0.629. The van der Waals surface area contributed by atoms with E-state index in [0.29, 0.717) is 28.6 Å². The molecule has 144 valence electrons. The minimum absolute atomic E-state index is 0.379. The van der Waals surface area contributed by atoms with Crippen molar-refractivity contribution in [3.05, 3.63) is 66.0 Å². The number of carbonyl (C=O) groups is 1. The smallest absolute Gasteiger partial charge is 0.339 e. The number of nitrogens with zero attached hydrogens (tertiary/aromatic N) is 3. The van der Waals surface area contributed by atoms with Gasteiger partial charge in [-0.3, -0.25) is 0 Å². The van der Waals surface area contributed by atoms with E-state index >= 15 is 0 Å². The first-order valence-corrected chi connectivity index (χ1v) is 8.92. The molecule has 0 saturated heterocycles. The molecule has 0 spiro atoms. The maximum Gasteiger partial charge on any atom is 0.339 e. The number of aromatic nitrogens is 2. The van der Waals surface area contributed by atoms with Crippen LogP contribution in [0.4, 0.5) is 28.7 Å². The van der Waals surface area contributed by atoms with E-state index in [0.717, 1.165) is 12.1 Å². The van der Waals surface area contributed by atoms with Crippen LogP contribution < -0.4 is 16.0 Å². The van der Waals surface area contributed by atoms with Gasteiger partial charge in [0.25, 0.3) is 0 Å². The van der Waals surface area contributed by atoms with Gasteiger partial charge < -0.3 is 20.7 Å². The lowest BCUT2D eigenvalue weighted by atomic mass is 10.1. The molecule has 3 N–H and O–H groups in total. The highest BCUT2D eigenvalue weighted by Gasteiger charge is 2.19. The first-order valence-electron chi connectivity index (χ1n) is 8.92. The minimum atomic E-state index is -0.426. The van der Waals surface area contributed by atoms with Gasteiger partial charge in [0, 0.05) is 12.7 Å². The van der Waals surface area contributed by atoms with Crippen LogP contribution in [0.2, 0.25) is 0 Å². The van der Waals surface area contributed by atoms with Crippen molar-refractivity contribution < 1.29 is 9.53 Å². The molecule has 3 aromatic rings. The van der Waals surface area contributed by atoms with Crippen LogP contribution in [-0.4, -0.2) is 30.1 Å². The van der Waals surface area contributed by atoms with Gasteiger partial charge in [-0.15, -0.1) is 0 Å². The zero-order chi connectivity index (χ0) is 20.1. The normalized spacial score (nSPS) is 10.4. The molecule has 0 aliphatic rings. The lowest BCUT2D eigenvalue weighted by Gasteiger charge is -2.23. The molecule has 7 nitrogen and oxygen atoms in total. The average molecular weight is 377 g/mol. The van der Waals surface area contributed by atoms with Gasteiger partial charge in [0.15, 0.2) is 11.6 Å². The Balaban J connectivity index is 1.93. The molecule has 0 unspecified atom stereocenters. The number of aryl methyl sites for hydroxylation is 1. The van der Waals surface area contributed by atoms with E-state index < -0.39 is 5.97 Å². The van der Waals surface area contributed by atoms with Gasteiger partial charge >= 0.3 is 5.97 Å². The maximum absolute atomic E-state index is 12.1. The summed E-state index contributed by atoms with van der Waals surface area (Å²) in [7, 11) is 3.14. The maximum atomic E-state index is 12.1. The largest absolute Gasteiger partial charge is 0.465 e. The van der Waals surface area contributed by atoms with Gasteiger partial charge in [0.05, 0.1) is 18.4 Å². The standard InChI is InChI=1S/C21H23N5O2/c1-4-14-9-11-15(12-10-14)25-19-18(22)20(24-13-23-19)26(2)17-8-6-5-7-16(17)21(27)28-3/h5-13H,4,22H2,1-3H3,(H,23,24,25). The second-order valence-electron chi connectivity index (χ2n) is 6.20. The number of nitrogens with one attached hydrogen (secondary N) is 1. The first kappa shape index (κ1) is 19.2. The average Bonchev–Trinajstić information content (AvgIpc) is 2.74. The topological polar surface area (TPSA) is 93.4 Å². The van der Waals surface area contributed by atoms with Crippen molar-refractivity contribution in [2.75, 3.05) is 30.1 Å². The number of rotatable bonds is 6. The Morgan fingerprint density at radius 3 is 2.54 bits per heavy atom. The van der Waals surface area contributed by atoms with E-state index in [4.69, 9.17) is 10.5 Å². The summed E-state index contributed by atoms with van der Waals surface area (Å²) in [5.41, 5.74) is 9.91. The molecule has 0 amide bonds. The molecule has 0 radical (unpaired) electrons. The predicted molar refractivity (Wildman–Crippen MR) is 111 cm³/mol. The Labute approximate surface area is 164 Å². The number of nitrogen functional groups attached to an aromatic ring is 1. The van der Waals surface area contributed by atoms with E-state index in [1.807, 2.05) is 24.3 Å². The van der Waals surface area contributed by atoms with Crippen LogP contribution in [0.1, 0.15) is 22.8 Å². The lowest BCUT2D eigenvalue weighted by molar-refractivity contribution is 0.0601. The summed E-state index contributed by atoms with van der Waals surface area (Å²) in [6.07, 6.45) is 2.41. The molecule has 3 rings (SSSR count). The fourth-order valence-electron chi connectivity index (χ4n) is 2.88. The van der Waals surface area contributed by atoms with E-state index in [2.05, 4.69) is 34.3 Å². The van der Waals surface area contributed by atoms with Gasteiger partial charge in [-0.1, -0.05) is 31.2 Å². The number of carbonyl (C=O) groups excluding carboxylic acids is 1. The highest BCUT2D eigenvalue weighted by molar-refractivity contribution is 5.97.